The quantitative estimate of drug-likeness (QED) is 0.734. The van der Waals surface area contributed by atoms with E-state index in [2.05, 4.69) is 17.2 Å². The van der Waals surface area contributed by atoms with Gasteiger partial charge < -0.3 is 10.4 Å². The molecule has 2 aliphatic rings. The molecule has 0 radical (unpaired) electrons. The predicted molar refractivity (Wildman–Crippen MR) is 85.5 cm³/mol. The minimum absolute atomic E-state index is 0.204. The van der Waals surface area contributed by atoms with Crippen LogP contribution in [-0.2, 0) is 19.0 Å². The fourth-order valence-corrected chi connectivity index (χ4v) is 4.22. The molecule has 0 amide bonds. The largest absolute Gasteiger partial charge is 0.433 e. The number of aryl methyl sites for hydroxylation is 1. The van der Waals surface area contributed by atoms with E-state index in [-0.39, 0.29) is 11.5 Å². The zero-order valence-electron chi connectivity index (χ0n) is 13.8. The van der Waals surface area contributed by atoms with E-state index in [1.807, 2.05) is 0 Å². The van der Waals surface area contributed by atoms with E-state index >= 15 is 0 Å². The standard InChI is InChI=1S/C17H24F3N3O/c1-9-4-2-5-10(8-9)13-14(23-16(21)24)11-6-3-7-12(11)22-15(13)17(18,19)20/h9-10,16,24H,2-8,21H2,1H3,(H,22,23). The molecule has 3 rings (SSSR count). The highest BCUT2D eigenvalue weighted by Crippen LogP contribution is 2.47. The van der Waals surface area contributed by atoms with Gasteiger partial charge >= 0.3 is 6.18 Å². The first-order valence-electron chi connectivity index (χ1n) is 8.60. The zero-order chi connectivity index (χ0) is 17.5. The highest BCUT2D eigenvalue weighted by Gasteiger charge is 2.41. The molecule has 0 saturated heterocycles. The van der Waals surface area contributed by atoms with Crippen molar-refractivity contribution in [3.63, 3.8) is 0 Å². The molecule has 3 atom stereocenters. The number of nitrogens with one attached hydrogen (secondary N) is 1. The summed E-state index contributed by atoms with van der Waals surface area (Å²) >= 11 is 0. The van der Waals surface area contributed by atoms with Crippen LogP contribution >= 0.6 is 0 Å². The molecule has 0 bridgehead atoms. The van der Waals surface area contributed by atoms with Crippen molar-refractivity contribution in [3.05, 3.63) is 22.5 Å². The number of alkyl halides is 3. The van der Waals surface area contributed by atoms with Crippen LogP contribution in [-0.4, -0.2) is 16.4 Å². The molecule has 24 heavy (non-hydrogen) atoms. The van der Waals surface area contributed by atoms with Crippen LogP contribution in [0.25, 0.3) is 0 Å². The summed E-state index contributed by atoms with van der Waals surface area (Å²) < 4.78 is 41.1. The van der Waals surface area contributed by atoms with Crippen LogP contribution in [0.3, 0.4) is 0 Å². The van der Waals surface area contributed by atoms with Crippen LogP contribution in [0, 0.1) is 5.92 Å². The van der Waals surface area contributed by atoms with E-state index in [4.69, 9.17) is 5.73 Å². The van der Waals surface area contributed by atoms with E-state index in [9.17, 15) is 18.3 Å². The van der Waals surface area contributed by atoms with Gasteiger partial charge in [-0.3, -0.25) is 5.73 Å². The van der Waals surface area contributed by atoms with Crippen LogP contribution in [0.15, 0.2) is 0 Å². The first-order valence-corrected chi connectivity index (χ1v) is 8.60. The van der Waals surface area contributed by atoms with Gasteiger partial charge in [-0.25, -0.2) is 4.98 Å². The average Bonchev–Trinajstić information content (AvgIpc) is 2.94. The van der Waals surface area contributed by atoms with E-state index in [1.165, 1.54) is 0 Å². The van der Waals surface area contributed by atoms with Crippen molar-refractivity contribution in [2.45, 2.75) is 70.3 Å². The third-order valence-corrected chi connectivity index (χ3v) is 5.17. The molecule has 0 aromatic carbocycles. The molecule has 4 nitrogen and oxygen atoms in total. The Labute approximate surface area is 139 Å². The fraction of sp³-hybridized carbons (Fsp3) is 0.706. The number of nitrogens with zero attached hydrogens (tertiary/aromatic N) is 1. The molecular weight excluding hydrogens is 319 g/mol. The lowest BCUT2D eigenvalue weighted by Crippen LogP contribution is -2.31. The summed E-state index contributed by atoms with van der Waals surface area (Å²) in [4.78, 5) is 4.01. The van der Waals surface area contributed by atoms with Crippen molar-refractivity contribution in [2.24, 2.45) is 11.7 Å². The summed E-state index contributed by atoms with van der Waals surface area (Å²) in [7, 11) is 0. The molecule has 0 aliphatic heterocycles. The van der Waals surface area contributed by atoms with E-state index in [1.54, 1.807) is 0 Å². The Morgan fingerprint density at radius 3 is 2.62 bits per heavy atom. The van der Waals surface area contributed by atoms with Crippen molar-refractivity contribution < 1.29 is 18.3 Å². The number of aliphatic hydroxyl groups excluding tert-OH is 1. The van der Waals surface area contributed by atoms with Gasteiger partial charge in [0.2, 0.25) is 0 Å². The number of fused-ring (bicyclic) bond motifs is 1. The van der Waals surface area contributed by atoms with Crippen molar-refractivity contribution in [2.75, 3.05) is 5.32 Å². The SMILES string of the molecule is CC1CCCC(c2c(C(F)(F)F)nc3c(c2NC(N)O)CCC3)C1. The Hall–Kier alpha value is -1.34. The molecule has 134 valence electrons. The summed E-state index contributed by atoms with van der Waals surface area (Å²) in [6, 6.07) is 0. The molecule has 1 aromatic rings. The smallest absolute Gasteiger partial charge is 0.361 e. The zero-order valence-corrected chi connectivity index (χ0v) is 13.8. The molecule has 1 saturated carbocycles. The Balaban J connectivity index is 2.18. The van der Waals surface area contributed by atoms with Crippen molar-refractivity contribution >= 4 is 5.69 Å². The lowest BCUT2D eigenvalue weighted by atomic mass is 9.77. The maximum atomic E-state index is 13.7. The molecule has 3 unspecified atom stereocenters. The monoisotopic (exact) mass is 343 g/mol. The third kappa shape index (κ3) is 3.37. The number of pyridine rings is 1. The van der Waals surface area contributed by atoms with Gasteiger partial charge in [0.1, 0.15) is 5.69 Å². The van der Waals surface area contributed by atoms with Gasteiger partial charge in [-0.2, -0.15) is 13.2 Å². The van der Waals surface area contributed by atoms with Crippen LogP contribution in [0.1, 0.15) is 67.5 Å². The van der Waals surface area contributed by atoms with E-state index < -0.39 is 18.2 Å². The van der Waals surface area contributed by atoms with Crippen molar-refractivity contribution in [1.82, 2.24) is 4.98 Å². The minimum Gasteiger partial charge on any atom is -0.361 e. The van der Waals surface area contributed by atoms with Crippen LogP contribution in [0.4, 0.5) is 18.9 Å². The number of hydrogen-bond donors (Lipinski definition) is 3. The second-order valence-corrected chi connectivity index (χ2v) is 7.08. The molecule has 1 heterocycles. The minimum atomic E-state index is -4.51. The molecule has 0 spiro atoms. The van der Waals surface area contributed by atoms with Gasteiger partial charge in [0, 0.05) is 16.9 Å². The van der Waals surface area contributed by atoms with Crippen LogP contribution in [0.2, 0.25) is 0 Å². The summed E-state index contributed by atoms with van der Waals surface area (Å²) in [6.45, 7) is 2.07. The topological polar surface area (TPSA) is 71.2 Å². The maximum absolute atomic E-state index is 13.7. The van der Waals surface area contributed by atoms with Gasteiger partial charge in [0.25, 0.3) is 0 Å². The van der Waals surface area contributed by atoms with Gasteiger partial charge in [0.05, 0.1) is 0 Å². The first-order chi connectivity index (χ1) is 11.3. The molecule has 1 fully saturated rings. The predicted octanol–water partition coefficient (Wildman–Crippen LogP) is 3.53. The second-order valence-electron chi connectivity index (χ2n) is 7.08. The Bertz CT molecular complexity index is 616. The number of nitrogens with two attached hydrogens (primary N) is 1. The molecule has 4 N–H and O–H groups in total. The molecular formula is C17H24F3N3O. The highest BCUT2D eigenvalue weighted by molar-refractivity contribution is 5.64. The Morgan fingerprint density at radius 1 is 1.25 bits per heavy atom. The second kappa shape index (κ2) is 6.52. The van der Waals surface area contributed by atoms with Crippen LogP contribution < -0.4 is 11.1 Å². The van der Waals surface area contributed by atoms with Crippen molar-refractivity contribution in [1.29, 1.82) is 0 Å². The third-order valence-electron chi connectivity index (χ3n) is 5.17. The van der Waals surface area contributed by atoms with Gasteiger partial charge in [0.15, 0.2) is 6.35 Å². The fourth-order valence-electron chi connectivity index (χ4n) is 4.22. The molecule has 1 aromatic heterocycles. The number of aromatic nitrogens is 1. The maximum Gasteiger partial charge on any atom is 0.433 e. The number of anilines is 1. The normalized spacial score (nSPS) is 25.4. The van der Waals surface area contributed by atoms with Crippen molar-refractivity contribution in [3.8, 4) is 0 Å². The average molecular weight is 343 g/mol. The number of halogens is 3. The number of aliphatic hydroxyl groups is 1. The summed E-state index contributed by atoms with van der Waals surface area (Å²) in [5, 5.41) is 12.3. The Kier molecular flexibility index (Phi) is 4.75. The van der Waals surface area contributed by atoms with E-state index in [0.717, 1.165) is 24.8 Å². The first kappa shape index (κ1) is 17.5. The van der Waals surface area contributed by atoms with Crippen LogP contribution in [0.5, 0.6) is 0 Å². The molecule has 2 aliphatic carbocycles. The van der Waals surface area contributed by atoms with E-state index in [0.29, 0.717) is 43.0 Å². The molecule has 7 heteroatoms. The highest BCUT2D eigenvalue weighted by atomic mass is 19.4. The summed E-state index contributed by atoms with van der Waals surface area (Å²) in [5.74, 6) is 0.179. The lowest BCUT2D eigenvalue weighted by Gasteiger charge is -2.32. The van der Waals surface area contributed by atoms with Gasteiger partial charge in [-0.05, 0) is 49.5 Å². The Morgan fingerprint density at radius 2 is 2.00 bits per heavy atom. The number of hydrogen-bond acceptors (Lipinski definition) is 4. The summed E-state index contributed by atoms with van der Waals surface area (Å²) in [5.41, 5.74) is 6.50. The van der Waals surface area contributed by atoms with Gasteiger partial charge in [-0.1, -0.05) is 19.8 Å². The lowest BCUT2D eigenvalue weighted by molar-refractivity contribution is -0.142. The summed E-state index contributed by atoms with van der Waals surface area (Å²) in [6.07, 6.45) is -0.549. The number of rotatable bonds is 3. The van der Waals surface area contributed by atoms with Gasteiger partial charge in [-0.15, -0.1) is 0 Å².